The topological polar surface area (TPSA) is 58.6 Å². The standard InChI is InChI=1S/C24H24N2O3/c1-18-7-6-10-22(15-18)26(16-20-8-4-3-5-9-20)24(28)17-29-23-13-11-21(12-14-23)25-19(2)27/h3-15H,16-17H2,1-2H3,(H,25,27). The molecule has 0 saturated carbocycles. The number of rotatable bonds is 7. The molecule has 5 heteroatoms. The summed E-state index contributed by atoms with van der Waals surface area (Å²) in [7, 11) is 0. The number of carbonyl (C=O) groups excluding carboxylic acids is 2. The van der Waals surface area contributed by atoms with E-state index in [1.54, 1.807) is 29.2 Å². The Morgan fingerprint density at radius 3 is 2.31 bits per heavy atom. The molecule has 2 amide bonds. The summed E-state index contributed by atoms with van der Waals surface area (Å²) in [5, 5.41) is 2.70. The number of anilines is 2. The molecule has 0 aliphatic carbocycles. The molecule has 3 rings (SSSR count). The van der Waals surface area contributed by atoms with Crippen LogP contribution >= 0.6 is 0 Å². The van der Waals surface area contributed by atoms with Crippen molar-refractivity contribution in [3.63, 3.8) is 0 Å². The van der Waals surface area contributed by atoms with Crippen LogP contribution in [0.5, 0.6) is 5.75 Å². The minimum Gasteiger partial charge on any atom is -0.484 e. The third kappa shape index (κ3) is 5.94. The van der Waals surface area contributed by atoms with E-state index in [0.29, 0.717) is 18.0 Å². The lowest BCUT2D eigenvalue weighted by atomic mass is 10.1. The van der Waals surface area contributed by atoms with Crippen molar-refractivity contribution in [1.82, 2.24) is 0 Å². The average molecular weight is 388 g/mol. The van der Waals surface area contributed by atoms with Crippen molar-refractivity contribution in [3.05, 3.63) is 90.0 Å². The van der Waals surface area contributed by atoms with Crippen LogP contribution in [0.2, 0.25) is 0 Å². The van der Waals surface area contributed by atoms with Gasteiger partial charge in [0.25, 0.3) is 5.91 Å². The Hall–Kier alpha value is -3.60. The van der Waals surface area contributed by atoms with Gasteiger partial charge in [0.1, 0.15) is 5.75 Å². The van der Waals surface area contributed by atoms with Gasteiger partial charge in [-0.2, -0.15) is 0 Å². The van der Waals surface area contributed by atoms with Crippen LogP contribution in [0, 0.1) is 6.92 Å². The first kappa shape index (κ1) is 20.1. The van der Waals surface area contributed by atoms with Crippen LogP contribution in [0.3, 0.4) is 0 Å². The summed E-state index contributed by atoms with van der Waals surface area (Å²) < 4.78 is 5.69. The maximum absolute atomic E-state index is 13.0. The van der Waals surface area contributed by atoms with E-state index in [0.717, 1.165) is 16.8 Å². The molecule has 29 heavy (non-hydrogen) atoms. The molecule has 0 aliphatic rings. The number of nitrogens with one attached hydrogen (secondary N) is 1. The number of amides is 2. The van der Waals surface area contributed by atoms with E-state index in [4.69, 9.17) is 4.74 Å². The average Bonchev–Trinajstić information content (AvgIpc) is 2.71. The first-order valence-corrected chi connectivity index (χ1v) is 9.43. The van der Waals surface area contributed by atoms with Gasteiger partial charge in [-0.3, -0.25) is 9.59 Å². The number of carbonyl (C=O) groups is 2. The summed E-state index contributed by atoms with van der Waals surface area (Å²) in [6, 6.07) is 24.7. The molecular weight excluding hydrogens is 364 g/mol. The van der Waals surface area contributed by atoms with Crippen molar-refractivity contribution in [2.75, 3.05) is 16.8 Å². The molecule has 148 valence electrons. The van der Waals surface area contributed by atoms with Gasteiger partial charge in [-0.25, -0.2) is 0 Å². The van der Waals surface area contributed by atoms with E-state index in [9.17, 15) is 9.59 Å². The highest BCUT2D eigenvalue weighted by molar-refractivity contribution is 5.94. The molecule has 1 N–H and O–H groups in total. The normalized spacial score (nSPS) is 10.3. The van der Waals surface area contributed by atoms with Crippen molar-refractivity contribution in [2.45, 2.75) is 20.4 Å². The van der Waals surface area contributed by atoms with Crippen LogP contribution in [-0.2, 0) is 16.1 Å². The van der Waals surface area contributed by atoms with Gasteiger partial charge in [-0.15, -0.1) is 0 Å². The zero-order valence-corrected chi connectivity index (χ0v) is 16.6. The van der Waals surface area contributed by atoms with Crippen LogP contribution in [0.15, 0.2) is 78.9 Å². The molecule has 0 spiro atoms. The van der Waals surface area contributed by atoms with E-state index in [1.165, 1.54) is 6.92 Å². The lowest BCUT2D eigenvalue weighted by Crippen LogP contribution is -2.34. The Bertz CT molecular complexity index is 969. The van der Waals surface area contributed by atoms with E-state index < -0.39 is 0 Å². The molecule has 0 atom stereocenters. The summed E-state index contributed by atoms with van der Waals surface area (Å²) >= 11 is 0. The second kappa shape index (κ2) is 9.55. The third-order valence-corrected chi connectivity index (χ3v) is 4.33. The molecule has 5 nitrogen and oxygen atoms in total. The zero-order chi connectivity index (χ0) is 20.6. The largest absolute Gasteiger partial charge is 0.484 e. The Balaban J connectivity index is 1.71. The first-order chi connectivity index (χ1) is 14.0. The third-order valence-electron chi connectivity index (χ3n) is 4.33. The Morgan fingerprint density at radius 2 is 1.66 bits per heavy atom. The number of hydrogen-bond acceptors (Lipinski definition) is 3. The highest BCUT2D eigenvalue weighted by Crippen LogP contribution is 2.20. The summed E-state index contributed by atoms with van der Waals surface area (Å²) in [4.78, 5) is 25.8. The fourth-order valence-electron chi connectivity index (χ4n) is 2.95. The van der Waals surface area contributed by atoms with Crippen LogP contribution in [0.4, 0.5) is 11.4 Å². The van der Waals surface area contributed by atoms with Gasteiger partial charge >= 0.3 is 0 Å². The fraction of sp³-hybridized carbons (Fsp3) is 0.167. The van der Waals surface area contributed by atoms with E-state index in [1.807, 2.05) is 61.5 Å². The molecule has 0 saturated heterocycles. The van der Waals surface area contributed by atoms with Crippen LogP contribution < -0.4 is 15.0 Å². The van der Waals surface area contributed by atoms with Gasteiger partial charge in [-0.05, 0) is 54.4 Å². The van der Waals surface area contributed by atoms with E-state index in [2.05, 4.69) is 5.32 Å². The molecule has 0 fully saturated rings. The number of hydrogen-bond donors (Lipinski definition) is 1. The van der Waals surface area contributed by atoms with Crippen LogP contribution in [0.25, 0.3) is 0 Å². The van der Waals surface area contributed by atoms with Gasteiger partial charge < -0.3 is 15.0 Å². The molecule has 0 radical (unpaired) electrons. The van der Waals surface area contributed by atoms with Crippen molar-refractivity contribution in [3.8, 4) is 5.75 Å². The van der Waals surface area contributed by atoms with E-state index in [-0.39, 0.29) is 18.4 Å². The summed E-state index contributed by atoms with van der Waals surface area (Å²) in [5.41, 5.74) is 3.65. The molecule has 0 heterocycles. The summed E-state index contributed by atoms with van der Waals surface area (Å²) in [6.45, 7) is 3.84. The summed E-state index contributed by atoms with van der Waals surface area (Å²) in [5.74, 6) is 0.297. The maximum atomic E-state index is 13.0. The van der Waals surface area contributed by atoms with Gasteiger partial charge in [0.2, 0.25) is 5.91 Å². The monoisotopic (exact) mass is 388 g/mol. The molecule has 3 aromatic carbocycles. The zero-order valence-electron chi connectivity index (χ0n) is 16.6. The van der Waals surface area contributed by atoms with Crippen LogP contribution in [0.1, 0.15) is 18.1 Å². The Morgan fingerprint density at radius 1 is 0.931 bits per heavy atom. The number of ether oxygens (including phenoxy) is 1. The predicted molar refractivity (Wildman–Crippen MR) is 115 cm³/mol. The van der Waals surface area contributed by atoms with Crippen molar-refractivity contribution in [2.24, 2.45) is 0 Å². The molecule has 0 aromatic heterocycles. The Labute approximate surface area is 170 Å². The fourth-order valence-corrected chi connectivity index (χ4v) is 2.95. The van der Waals surface area contributed by atoms with Gasteiger partial charge in [0.15, 0.2) is 6.61 Å². The minimum absolute atomic E-state index is 0.0831. The Kier molecular flexibility index (Phi) is 6.63. The molecule has 0 unspecified atom stereocenters. The lowest BCUT2D eigenvalue weighted by Gasteiger charge is -2.23. The van der Waals surface area contributed by atoms with Gasteiger partial charge in [0, 0.05) is 18.3 Å². The quantitative estimate of drug-likeness (QED) is 0.645. The minimum atomic E-state index is -0.136. The highest BCUT2D eigenvalue weighted by atomic mass is 16.5. The van der Waals surface area contributed by atoms with Crippen LogP contribution in [-0.4, -0.2) is 18.4 Å². The van der Waals surface area contributed by atoms with Crippen molar-refractivity contribution in [1.29, 1.82) is 0 Å². The lowest BCUT2D eigenvalue weighted by molar-refractivity contribution is -0.120. The summed E-state index contributed by atoms with van der Waals surface area (Å²) in [6.07, 6.45) is 0. The molecule has 0 bridgehead atoms. The SMILES string of the molecule is CC(=O)Nc1ccc(OCC(=O)N(Cc2ccccc2)c2cccc(C)c2)cc1. The van der Waals surface area contributed by atoms with Gasteiger partial charge in [-0.1, -0.05) is 42.5 Å². The number of nitrogens with zero attached hydrogens (tertiary/aromatic N) is 1. The van der Waals surface area contributed by atoms with E-state index >= 15 is 0 Å². The second-order valence-corrected chi connectivity index (χ2v) is 6.80. The smallest absolute Gasteiger partial charge is 0.265 e. The first-order valence-electron chi connectivity index (χ1n) is 9.43. The highest BCUT2D eigenvalue weighted by Gasteiger charge is 2.17. The molecular formula is C24H24N2O3. The number of aryl methyl sites for hydroxylation is 1. The van der Waals surface area contributed by atoms with Crippen molar-refractivity contribution >= 4 is 23.2 Å². The van der Waals surface area contributed by atoms with Gasteiger partial charge in [0.05, 0.1) is 6.54 Å². The number of benzene rings is 3. The maximum Gasteiger partial charge on any atom is 0.265 e. The molecule has 3 aromatic rings. The second-order valence-electron chi connectivity index (χ2n) is 6.80. The predicted octanol–water partition coefficient (Wildman–Crippen LogP) is 4.57. The molecule has 0 aliphatic heterocycles. The van der Waals surface area contributed by atoms with Crippen molar-refractivity contribution < 1.29 is 14.3 Å².